The van der Waals surface area contributed by atoms with Crippen LogP contribution in [0.15, 0.2) is 66.7 Å². The maximum atomic E-state index is 12.4. The first-order chi connectivity index (χ1) is 13.7. The van der Waals surface area contributed by atoms with Gasteiger partial charge in [0.2, 0.25) is 5.91 Å². The zero-order valence-corrected chi connectivity index (χ0v) is 15.6. The monoisotopic (exact) mass is 371 g/mol. The molecule has 0 aliphatic heterocycles. The largest absolute Gasteiger partial charge is 0.358 e. The van der Waals surface area contributed by atoms with Crippen LogP contribution < -0.4 is 5.32 Å². The number of nitrogens with zero attached hydrogens (tertiary/aromatic N) is 2. The lowest BCUT2D eigenvalue weighted by molar-refractivity contribution is -0.116. The molecule has 1 amide bonds. The lowest BCUT2D eigenvalue weighted by atomic mass is 10.2. The summed E-state index contributed by atoms with van der Waals surface area (Å²) in [5.74, 6) is 1.35. The lowest BCUT2D eigenvalue weighted by Crippen LogP contribution is -2.12. The van der Waals surface area contributed by atoms with Crippen LogP contribution >= 0.6 is 0 Å². The summed E-state index contributed by atoms with van der Waals surface area (Å²) < 4.78 is 0. The van der Waals surface area contributed by atoms with Gasteiger partial charge in [-0.05, 0) is 43.2 Å². The molecule has 0 fully saturated rings. The highest BCUT2D eigenvalue weighted by atomic mass is 16.1. The predicted octanol–water partition coefficient (Wildman–Crippen LogP) is 4.35. The van der Waals surface area contributed by atoms with E-state index in [9.17, 15) is 4.79 Å². The van der Waals surface area contributed by atoms with E-state index >= 15 is 0 Å². The summed E-state index contributed by atoms with van der Waals surface area (Å²) in [7, 11) is 0. The fraction of sp³-hybridized carbons (Fsp3) is 0.136. The summed E-state index contributed by atoms with van der Waals surface area (Å²) in [6.07, 6.45) is 1.05. The minimum Gasteiger partial charge on any atom is -0.358 e. The van der Waals surface area contributed by atoms with Crippen LogP contribution in [-0.2, 0) is 11.2 Å². The Kier molecular flexibility index (Phi) is 5.01. The Hall–Kier alpha value is -3.67. The van der Waals surface area contributed by atoms with E-state index in [4.69, 9.17) is 0 Å². The number of anilines is 1. The number of H-pyrrole nitrogens is 2. The topological polar surface area (TPSA) is 86.5 Å². The van der Waals surface area contributed by atoms with Crippen molar-refractivity contribution in [3.05, 3.63) is 78.2 Å². The molecule has 0 bridgehead atoms. The number of benzene rings is 2. The van der Waals surface area contributed by atoms with E-state index in [-0.39, 0.29) is 5.91 Å². The number of aromatic amines is 2. The van der Waals surface area contributed by atoms with E-state index in [1.54, 1.807) is 0 Å². The number of hydrogen-bond acceptors (Lipinski definition) is 3. The van der Waals surface area contributed by atoms with Gasteiger partial charge in [-0.25, -0.2) is 4.98 Å². The van der Waals surface area contributed by atoms with Gasteiger partial charge in [0.15, 0.2) is 5.82 Å². The highest BCUT2D eigenvalue weighted by Crippen LogP contribution is 2.20. The summed E-state index contributed by atoms with van der Waals surface area (Å²) in [5.41, 5.74) is 4.84. The molecule has 2 heterocycles. The third-order valence-corrected chi connectivity index (χ3v) is 4.45. The second-order valence-electron chi connectivity index (χ2n) is 6.64. The molecule has 0 atom stereocenters. The van der Waals surface area contributed by atoms with Gasteiger partial charge in [-0.3, -0.25) is 9.89 Å². The average Bonchev–Trinajstić information content (AvgIpc) is 3.36. The molecule has 28 heavy (non-hydrogen) atoms. The van der Waals surface area contributed by atoms with Crippen molar-refractivity contribution in [1.82, 2.24) is 20.2 Å². The Balaban J connectivity index is 1.36. The van der Waals surface area contributed by atoms with E-state index in [1.807, 2.05) is 61.5 Å². The standard InChI is InChI=1S/C22H21N5O/c1-15-23-22(27-26-15)17-8-5-9-19(14-17)25-21(28)13-11-18-10-12-20(24-18)16-6-3-2-4-7-16/h2-10,12,14,24H,11,13H2,1H3,(H,25,28)(H,23,26,27). The van der Waals surface area contributed by atoms with Gasteiger partial charge in [-0.1, -0.05) is 42.5 Å². The smallest absolute Gasteiger partial charge is 0.224 e. The number of hydrogen-bond donors (Lipinski definition) is 3. The first-order valence-electron chi connectivity index (χ1n) is 9.20. The number of amides is 1. The van der Waals surface area contributed by atoms with Crippen LogP contribution in [0.25, 0.3) is 22.6 Å². The fourth-order valence-corrected chi connectivity index (χ4v) is 3.05. The van der Waals surface area contributed by atoms with Gasteiger partial charge in [0.1, 0.15) is 5.82 Å². The maximum Gasteiger partial charge on any atom is 0.224 e. The van der Waals surface area contributed by atoms with E-state index in [0.717, 1.165) is 34.0 Å². The molecule has 2 aromatic heterocycles. The SMILES string of the molecule is Cc1nc(-c2cccc(NC(=O)CCc3ccc(-c4ccccc4)[nH]3)c2)n[nH]1. The van der Waals surface area contributed by atoms with Gasteiger partial charge in [0, 0.05) is 29.1 Å². The summed E-state index contributed by atoms with van der Waals surface area (Å²) in [4.78, 5) is 20.1. The second-order valence-corrected chi connectivity index (χ2v) is 6.64. The highest BCUT2D eigenvalue weighted by Gasteiger charge is 2.08. The van der Waals surface area contributed by atoms with Crippen molar-refractivity contribution in [2.24, 2.45) is 0 Å². The second kappa shape index (κ2) is 7.92. The molecule has 2 aromatic carbocycles. The van der Waals surface area contributed by atoms with Crippen molar-refractivity contribution < 1.29 is 4.79 Å². The first kappa shape index (κ1) is 17.7. The zero-order chi connectivity index (χ0) is 19.3. The number of carbonyl (C=O) groups is 1. The highest BCUT2D eigenvalue weighted by molar-refractivity contribution is 5.91. The van der Waals surface area contributed by atoms with E-state index in [2.05, 4.69) is 37.6 Å². The van der Waals surface area contributed by atoms with Crippen molar-refractivity contribution in [2.45, 2.75) is 19.8 Å². The third kappa shape index (κ3) is 4.17. The number of carbonyl (C=O) groups excluding carboxylic acids is 1. The van der Waals surface area contributed by atoms with Crippen LogP contribution in [0.4, 0.5) is 5.69 Å². The molecule has 0 saturated heterocycles. The maximum absolute atomic E-state index is 12.4. The molecule has 6 heteroatoms. The number of rotatable bonds is 6. The minimum atomic E-state index is -0.0285. The van der Waals surface area contributed by atoms with Gasteiger partial charge >= 0.3 is 0 Å². The van der Waals surface area contributed by atoms with Crippen LogP contribution in [-0.4, -0.2) is 26.1 Å². The van der Waals surface area contributed by atoms with E-state index in [1.165, 1.54) is 0 Å². The van der Waals surface area contributed by atoms with Crippen LogP contribution in [0.2, 0.25) is 0 Å². The van der Waals surface area contributed by atoms with Crippen molar-refractivity contribution >= 4 is 11.6 Å². The summed E-state index contributed by atoms with van der Waals surface area (Å²) in [6.45, 7) is 1.85. The van der Waals surface area contributed by atoms with E-state index < -0.39 is 0 Å². The first-order valence-corrected chi connectivity index (χ1v) is 9.20. The Morgan fingerprint density at radius 3 is 2.61 bits per heavy atom. The Morgan fingerprint density at radius 1 is 1.00 bits per heavy atom. The van der Waals surface area contributed by atoms with Crippen molar-refractivity contribution in [2.75, 3.05) is 5.32 Å². The molecule has 6 nitrogen and oxygen atoms in total. The van der Waals surface area contributed by atoms with Crippen LogP contribution in [0.3, 0.4) is 0 Å². The molecule has 0 aliphatic rings. The Morgan fingerprint density at radius 2 is 1.82 bits per heavy atom. The molecular formula is C22H21N5O. The molecule has 0 unspecified atom stereocenters. The normalized spacial score (nSPS) is 10.8. The van der Waals surface area contributed by atoms with Crippen molar-refractivity contribution in [3.63, 3.8) is 0 Å². The van der Waals surface area contributed by atoms with Crippen LogP contribution in [0, 0.1) is 6.92 Å². The summed E-state index contributed by atoms with van der Waals surface area (Å²) in [5, 5.41) is 9.93. The number of aryl methyl sites for hydroxylation is 2. The van der Waals surface area contributed by atoms with Gasteiger partial charge in [-0.2, -0.15) is 5.10 Å². The molecule has 0 aliphatic carbocycles. The summed E-state index contributed by atoms with van der Waals surface area (Å²) in [6, 6.07) is 21.8. The van der Waals surface area contributed by atoms with Crippen LogP contribution in [0.1, 0.15) is 17.9 Å². The average molecular weight is 371 g/mol. The third-order valence-electron chi connectivity index (χ3n) is 4.45. The van der Waals surface area contributed by atoms with Gasteiger partial charge in [0.25, 0.3) is 0 Å². The molecule has 140 valence electrons. The number of nitrogens with one attached hydrogen (secondary N) is 3. The predicted molar refractivity (Wildman–Crippen MR) is 110 cm³/mol. The van der Waals surface area contributed by atoms with Crippen molar-refractivity contribution in [3.8, 4) is 22.6 Å². The zero-order valence-electron chi connectivity index (χ0n) is 15.6. The lowest BCUT2D eigenvalue weighted by Gasteiger charge is -2.06. The fourth-order valence-electron chi connectivity index (χ4n) is 3.05. The van der Waals surface area contributed by atoms with Gasteiger partial charge in [-0.15, -0.1) is 0 Å². The quantitative estimate of drug-likeness (QED) is 0.471. The molecule has 4 aromatic rings. The molecule has 0 saturated carbocycles. The Bertz CT molecular complexity index is 1080. The van der Waals surface area contributed by atoms with Crippen LogP contribution in [0.5, 0.6) is 0 Å². The molecular weight excluding hydrogens is 350 g/mol. The number of aromatic nitrogens is 4. The van der Waals surface area contributed by atoms with E-state index in [0.29, 0.717) is 18.7 Å². The summed E-state index contributed by atoms with van der Waals surface area (Å²) >= 11 is 0. The minimum absolute atomic E-state index is 0.0285. The Labute approximate surface area is 163 Å². The molecule has 0 spiro atoms. The molecule has 4 rings (SSSR count). The molecule has 0 radical (unpaired) electrons. The molecule has 3 N–H and O–H groups in total. The van der Waals surface area contributed by atoms with Gasteiger partial charge < -0.3 is 10.3 Å². The van der Waals surface area contributed by atoms with Gasteiger partial charge in [0.05, 0.1) is 0 Å². The van der Waals surface area contributed by atoms with Crippen molar-refractivity contribution in [1.29, 1.82) is 0 Å².